The van der Waals surface area contributed by atoms with Gasteiger partial charge in [0.05, 0.1) is 23.7 Å². The average Bonchev–Trinajstić information content (AvgIpc) is 2.79. The summed E-state index contributed by atoms with van der Waals surface area (Å²) in [7, 11) is 0. The number of carbonyl (C=O) groups excluding carboxylic acids is 1. The molecule has 9 nitrogen and oxygen atoms in total. The van der Waals surface area contributed by atoms with E-state index >= 15 is 0 Å². The van der Waals surface area contributed by atoms with Crippen molar-refractivity contribution in [3.63, 3.8) is 0 Å². The zero-order chi connectivity index (χ0) is 26.7. The first-order valence-corrected chi connectivity index (χ1v) is 12.9. The Bertz CT molecular complexity index is 1250. The Hall–Kier alpha value is -2.56. The predicted octanol–water partition coefficient (Wildman–Crippen LogP) is 3.82. The molecule has 2 aromatic carbocycles. The topological polar surface area (TPSA) is 127 Å². The maximum absolute atomic E-state index is 13.0. The standard InChI is InChI=1S/C26H30Cl2N4O5/c1-25(2)11-20(33)32(24(29)31-25)18-6-7-36-19-5-4-13(8-15(18)19)23(34)30-22-16-9-14(27)10-17(28)21(16)37-12-26(22,3)35/h4-5,8-10,18,22-23,30,34-35H,6-7,11-12H2,1-3H3,(H2,29,31)/t18-,22-,23?,26-/m1/s1. The summed E-state index contributed by atoms with van der Waals surface area (Å²) in [6, 6.07) is 7.31. The summed E-state index contributed by atoms with van der Waals surface area (Å²) in [5.74, 6) is 0.907. The monoisotopic (exact) mass is 548 g/mol. The molecular formula is C26H30Cl2N4O5. The van der Waals surface area contributed by atoms with Gasteiger partial charge in [-0.2, -0.15) is 0 Å². The first-order valence-electron chi connectivity index (χ1n) is 12.1. The lowest BCUT2D eigenvalue weighted by Crippen LogP contribution is -2.60. The molecule has 2 aromatic rings. The molecule has 3 aliphatic heterocycles. The molecule has 0 aliphatic carbocycles. The smallest absolute Gasteiger partial charge is 0.232 e. The molecule has 37 heavy (non-hydrogen) atoms. The van der Waals surface area contributed by atoms with Gasteiger partial charge in [0.1, 0.15) is 29.9 Å². The summed E-state index contributed by atoms with van der Waals surface area (Å²) in [4.78, 5) is 14.5. The number of guanidine groups is 1. The second-order valence-electron chi connectivity index (χ2n) is 10.7. The van der Waals surface area contributed by atoms with Crippen LogP contribution in [0.5, 0.6) is 11.5 Å². The van der Waals surface area contributed by atoms with Crippen LogP contribution in [-0.4, -0.2) is 51.3 Å². The maximum Gasteiger partial charge on any atom is 0.232 e. The minimum atomic E-state index is -1.37. The van der Waals surface area contributed by atoms with E-state index in [2.05, 4.69) is 10.6 Å². The molecule has 1 saturated heterocycles. The summed E-state index contributed by atoms with van der Waals surface area (Å²) in [5, 5.41) is 37.7. The first-order chi connectivity index (χ1) is 17.4. The van der Waals surface area contributed by atoms with Crippen molar-refractivity contribution in [3.8, 4) is 11.5 Å². The van der Waals surface area contributed by atoms with E-state index in [1.54, 1.807) is 37.3 Å². The Morgan fingerprint density at radius 2 is 1.95 bits per heavy atom. The number of carbonyl (C=O) groups is 1. The third kappa shape index (κ3) is 4.86. The van der Waals surface area contributed by atoms with Gasteiger partial charge in [0.25, 0.3) is 0 Å². The number of aliphatic hydroxyl groups excluding tert-OH is 1. The fourth-order valence-electron chi connectivity index (χ4n) is 5.28. The number of benzene rings is 2. The third-order valence-electron chi connectivity index (χ3n) is 7.03. The van der Waals surface area contributed by atoms with E-state index in [0.29, 0.717) is 51.3 Å². The minimum Gasteiger partial charge on any atom is -0.493 e. The van der Waals surface area contributed by atoms with Crippen LogP contribution in [0.1, 0.15) is 68.6 Å². The molecule has 3 aliphatic rings. The summed E-state index contributed by atoms with van der Waals surface area (Å²) >= 11 is 12.5. The van der Waals surface area contributed by atoms with E-state index < -0.39 is 29.5 Å². The normalized spacial score (nSPS) is 27.4. The van der Waals surface area contributed by atoms with Gasteiger partial charge in [-0.3, -0.25) is 20.4 Å². The third-order valence-corrected chi connectivity index (χ3v) is 7.53. The SMILES string of the molecule is CC1(C)CC(=O)N([C@@H]2CCOc3ccc(C(O)N[C@@H]4c5cc(Cl)cc(Cl)c5OC[C@@]4(C)O)cc32)C(=N)N1. The summed E-state index contributed by atoms with van der Waals surface area (Å²) in [6.45, 7) is 5.75. The Labute approximate surface area is 225 Å². The molecule has 1 unspecified atom stereocenters. The Morgan fingerprint density at radius 3 is 2.68 bits per heavy atom. The van der Waals surface area contributed by atoms with Crippen molar-refractivity contribution in [2.45, 2.75) is 63.1 Å². The molecule has 11 heteroatoms. The Kier molecular flexibility index (Phi) is 6.57. The highest BCUT2D eigenvalue weighted by atomic mass is 35.5. The van der Waals surface area contributed by atoms with Crippen LogP contribution in [0.15, 0.2) is 30.3 Å². The van der Waals surface area contributed by atoms with Crippen molar-refractivity contribution in [1.82, 2.24) is 15.5 Å². The number of nitrogens with one attached hydrogen (secondary N) is 3. The van der Waals surface area contributed by atoms with Gasteiger partial charge in [0.15, 0.2) is 5.96 Å². The molecule has 4 atom stereocenters. The molecule has 3 heterocycles. The second kappa shape index (κ2) is 9.32. The van der Waals surface area contributed by atoms with Crippen LogP contribution in [0.3, 0.4) is 0 Å². The Morgan fingerprint density at radius 1 is 1.19 bits per heavy atom. The summed E-state index contributed by atoms with van der Waals surface area (Å²) in [6.07, 6.45) is -0.425. The fourth-order valence-corrected chi connectivity index (χ4v) is 5.85. The number of nitrogens with zero attached hydrogens (tertiary/aromatic N) is 1. The Balaban J connectivity index is 1.45. The van der Waals surface area contributed by atoms with Gasteiger partial charge in [0.2, 0.25) is 5.91 Å². The number of fused-ring (bicyclic) bond motifs is 2. The van der Waals surface area contributed by atoms with Crippen LogP contribution in [0, 0.1) is 5.41 Å². The zero-order valence-electron chi connectivity index (χ0n) is 20.8. The van der Waals surface area contributed by atoms with Crippen LogP contribution >= 0.6 is 23.2 Å². The van der Waals surface area contributed by atoms with Crippen molar-refractivity contribution in [3.05, 3.63) is 57.1 Å². The van der Waals surface area contributed by atoms with Crippen LogP contribution < -0.4 is 20.1 Å². The number of hydrogen-bond acceptors (Lipinski definition) is 7. The zero-order valence-corrected chi connectivity index (χ0v) is 22.3. The quantitative estimate of drug-likeness (QED) is 0.367. The highest BCUT2D eigenvalue weighted by Gasteiger charge is 2.43. The van der Waals surface area contributed by atoms with Crippen molar-refractivity contribution < 1.29 is 24.5 Å². The van der Waals surface area contributed by atoms with Gasteiger partial charge in [-0.25, -0.2) is 0 Å². The van der Waals surface area contributed by atoms with E-state index in [1.165, 1.54) is 4.90 Å². The molecule has 0 saturated carbocycles. The number of aliphatic hydroxyl groups is 2. The molecule has 198 valence electrons. The van der Waals surface area contributed by atoms with E-state index in [0.717, 1.165) is 0 Å². The molecule has 1 fully saturated rings. The fraction of sp³-hybridized carbons (Fsp3) is 0.462. The number of hydrogen-bond donors (Lipinski definition) is 5. The van der Waals surface area contributed by atoms with Gasteiger partial charge in [-0.1, -0.05) is 29.3 Å². The number of rotatable bonds is 4. The summed E-state index contributed by atoms with van der Waals surface area (Å²) in [5.41, 5.74) is -0.114. The van der Waals surface area contributed by atoms with Gasteiger partial charge in [0, 0.05) is 34.5 Å². The van der Waals surface area contributed by atoms with Crippen LogP contribution in [0.4, 0.5) is 0 Å². The summed E-state index contributed by atoms with van der Waals surface area (Å²) < 4.78 is 11.5. The number of ether oxygens (including phenoxy) is 2. The molecule has 0 radical (unpaired) electrons. The van der Waals surface area contributed by atoms with E-state index in [9.17, 15) is 15.0 Å². The molecular weight excluding hydrogens is 519 g/mol. The second-order valence-corrected chi connectivity index (χ2v) is 11.5. The van der Waals surface area contributed by atoms with Crippen LogP contribution in [0.2, 0.25) is 10.0 Å². The lowest BCUT2D eigenvalue weighted by Gasteiger charge is -2.43. The van der Waals surface area contributed by atoms with Crippen molar-refractivity contribution in [2.75, 3.05) is 13.2 Å². The number of halogens is 2. The molecule has 0 spiro atoms. The lowest BCUT2D eigenvalue weighted by atomic mass is 9.87. The highest BCUT2D eigenvalue weighted by molar-refractivity contribution is 6.35. The largest absolute Gasteiger partial charge is 0.493 e. The maximum atomic E-state index is 13.0. The predicted molar refractivity (Wildman–Crippen MR) is 139 cm³/mol. The van der Waals surface area contributed by atoms with E-state index in [4.69, 9.17) is 38.1 Å². The lowest BCUT2D eigenvalue weighted by molar-refractivity contribution is -0.132. The van der Waals surface area contributed by atoms with Crippen molar-refractivity contribution >= 4 is 35.1 Å². The van der Waals surface area contributed by atoms with Gasteiger partial charge < -0.3 is 25.0 Å². The van der Waals surface area contributed by atoms with Gasteiger partial charge in [-0.05, 0) is 50.6 Å². The molecule has 0 aromatic heterocycles. The van der Waals surface area contributed by atoms with Crippen molar-refractivity contribution in [2.24, 2.45) is 0 Å². The van der Waals surface area contributed by atoms with E-state index in [1.807, 2.05) is 13.8 Å². The van der Waals surface area contributed by atoms with Crippen LogP contribution in [-0.2, 0) is 4.79 Å². The molecule has 0 bridgehead atoms. The molecule has 5 N–H and O–H groups in total. The molecule has 5 rings (SSSR count). The first kappa shape index (κ1) is 26.1. The molecule has 1 amide bonds. The van der Waals surface area contributed by atoms with Crippen molar-refractivity contribution in [1.29, 1.82) is 5.41 Å². The average molecular weight is 549 g/mol. The highest BCUT2D eigenvalue weighted by Crippen LogP contribution is 2.45. The van der Waals surface area contributed by atoms with Gasteiger partial charge >= 0.3 is 0 Å². The van der Waals surface area contributed by atoms with Gasteiger partial charge in [-0.15, -0.1) is 0 Å². The minimum absolute atomic E-state index is 0.0334. The van der Waals surface area contributed by atoms with E-state index in [-0.39, 0.29) is 24.9 Å². The van der Waals surface area contributed by atoms with Crippen LogP contribution in [0.25, 0.3) is 0 Å². The number of amides is 1.